The van der Waals surface area contributed by atoms with E-state index in [-0.39, 0.29) is 40.1 Å². The molecule has 3 heterocycles. The first-order valence-corrected chi connectivity index (χ1v) is 15.2. The van der Waals surface area contributed by atoms with Crippen LogP contribution in [-0.2, 0) is 4.79 Å². The summed E-state index contributed by atoms with van der Waals surface area (Å²) in [5, 5.41) is 6.18. The van der Waals surface area contributed by atoms with Crippen LogP contribution >= 0.6 is 11.6 Å². The lowest BCUT2D eigenvalue weighted by Crippen LogP contribution is -2.52. The molecule has 1 aliphatic carbocycles. The molecule has 5 rings (SSSR count). The number of nitrogens with zero attached hydrogens (tertiary/aromatic N) is 3. The summed E-state index contributed by atoms with van der Waals surface area (Å²) in [6.07, 6.45) is 7.88. The average Bonchev–Trinajstić information content (AvgIpc) is 3.45. The van der Waals surface area contributed by atoms with Gasteiger partial charge in [0.1, 0.15) is 11.5 Å². The summed E-state index contributed by atoms with van der Waals surface area (Å²) in [5.41, 5.74) is 0.725. The van der Waals surface area contributed by atoms with Gasteiger partial charge in [0, 0.05) is 31.1 Å². The fourth-order valence-electron chi connectivity index (χ4n) is 6.52. The van der Waals surface area contributed by atoms with Gasteiger partial charge in [-0.25, -0.2) is 9.37 Å². The van der Waals surface area contributed by atoms with Crippen molar-refractivity contribution in [3.8, 4) is 0 Å². The lowest BCUT2D eigenvalue weighted by atomic mass is 9.67. The molecule has 1 saturated carbocycles. The topological polar surface area (TPSA) is 110 Å². The predicted octanol–water partition coefficient (Wildman–Crippen LogP) is 4.46. The van der Waals surface area contributed by atoms with Crippen LogP contribution in [0.25, 0.3) is 0 Å². The molecule has 0 atom stereocenters. The molecule has 0 unspecified atom stereocenters. The molecule has 2 aliphatic heterocycles. The SMILES string of the molecule is Cc1cc(N2CCCC3(CCC(NC(=O)c4nc[nH]c4C(=O)NCCN4CCC(C)CC4)CC3)C2=O)c(Cl)cc1F. The zero-order chi connectivity index (χ0) is 29.1. The number of aromatic nitrogens is 2. The number of benzene rings is 1. The van der Waals surface area contributed by atoms with Crippen molar-refractivity contribution in [2.75, 3.05) is 37.6 Å². The van der Waals surface area contributed by atoms with Crippen LogP contribution < -0.4 is 15.5 Å². The van der Waals surface area contributed by atoms with Crippen molar-refractivity contribution in [3.05, 3.63) is 46.3 Å². The maximum atomic E-state index is 14.0. The summed E-state index contributed by atoms with van der Waals surface area (Å²) in [6.45, 7) is 7.85. The second-order valence-electron chi connectivity index (χ2n) is 12.0. The Bertz CT molecular complexity index is 1280. The van der Waals surface area contributed by atoms with E-state index in [0.29, 0.717) is 50.0 Å². The number of carbonyl (C=O) groups is 3. The maximum Gasteiger partial charge on any atom is 0.272 e. The van der Waals surface area contributed by atoms with Crippen LogP contribution in [0.2, 0.25) is 5.02 Å². The first-order chi connectivity index (χ1) is 19.7. The molecule has 2 saturated heterocycles. The molecular formula is C30H40ClFN6O3. The van der Waals surface area contributed by atoms with E-state index in [9.17, 15) is 18.8 Å². The summed E-state index contributed by atoms with van der Waals surface area (Å²) in [5.74, 6) is -0.356. The highest BCUT2D eigenvalue weighted by Gasteiger charge is 2.47. The Hall–Kier alpha value is -2.98. The van der Waals surface area contributed by atoms with Gasteiger partial charge >= 0.3 is 0 Å². The van der Waals surface area contributed by atoms with Gasteiger partial charge in [0.15, 0.2) is 5.69 Å². The third kappa shape index (κ3) is 6.43. The van der Waals surface area contributed by atoms with Crippen LogP contribution in [0.15, 0.2) is 18.5 Å². The summed E-state index contributed by atoms with van der Waals surface area (Å²) < 4.78 is 14.0. The number of hydrogen-bond donors (Lipinski definition) is 3. The summed E-state index contributed by atoms with van der Waals surface area (Å²) in [4.78, 5) is 50.6. The first-order valence-electron chi connectivity index (χ1n) is 14.8. The molecule has 1 aromatic heterocycles. The number of likely N-dealkylation sites (tertiary alicyclic amines) is 1. The number of aromatic amines is 1. The van der Waals surface area contributed by atoms with Gasteiger partial charge in [-0.15, -0.1) is 0 Å². The van der Waals surface area contributed by atoms with Gasteiger partial charge in [0.05, 0.1) is 17.0 Å². The minimum atomic E-state index is -0.519. The molecule has 0 radical (unpaired) electrons. The van der Waals surface area contributed by atoms with Crippen LogP contribution in [-0.4, -0.2) is 71.4 Å². The Balaban J connectivity index is 1.14. The minimum Gasteiger partial charge on any atom is -0.349 e. The third-order valence-corrected chi connectivity index (χ3v) is 9.51. The summed E-state index contributed by atoms with van der Waals surface area (Å²) in [6, 6.07) is 2.79. The summed E-state index contributed by atoms with van der Waals surface area (Å²) >= 11 is 6.34. The van der Waals surface area contributed by atoms with E-state index >= 15 is 0 Å². The summed E-state index contributed by atoms with van der Waals surface area (Å²) in [7, 11) is 0. The number of imidazole rings is 1. The van der Waals surface area contributed by atoms with Gasteiger partial charge in [-0.2, -0.15) is 0 Å². The molecule has 11 heteroatoms. The predicted molar refractivity (Wildman–Crippen MR) is 156 cm³/mol. The van der Waals surface area contributed by atoms with Crippen LogP contribution in [0.5, 0.6) is 0 Å². The number of rotatable bonds is 7. The third-order valence-electron chi connectivity index (χ3n) is 9.20. The minimum absolute atomic E-state index is 0.0201. The number of halogens is 2. The Kier molecular flexibility index (Phi) is 8.99. The fourth-order valence-corrected chi connectivity index (χ4v) is 6.77. The smallest absolute Gasteiger partial charge is 0.272 e. The van der Waals surface area contributed by atoms with Crippen LogP contribution in [0.3, 0.4) is 0 Å². The standard InChI is InChI=1S/C30H40ClFN6O3/c1-19-6-13-37(14-7-19)15-11-33-27(39)25-26(35-18-34-25)28(40)36-21-4-9-30(10-5-21)8-3-12-38(29(30)41)24-16-20(2)23(32)17-22(24)31/h16-19,21H,3-15H2,1-2H3,(H,33,39)(H,34,35)(H,36,40). The highest BCUT2D eigenvalue weighted by Crippen LogP contribution is 2.46. The molecule has 3 aliphatic rings. The lowest BCUT2D eigenvalue weighted by molar-refractivity contribution is -0.132. The van der Waals surface area contributed by atoms with Crippen molar-refractivity contribution in [2.45, 2.75) is 71.3 Å². The molecule has 1 spiro atoms. The van der Waals surface area contributed by atoms with Gasteiger partial charge in [-0.3, -0.25) is 14.4 Å². The van der Waals surface area contributed by atoms with Crippen molar-refractivity contribution < 1.29 is 18.8 Å². The van der Waals surface area contributed by atoms with Gasteiger partial charge in [0.25, 0.3) is 11.8 Å². The molecule has 3 N–H and O–H groups in total. The molecule has 0 bridgehead atoms. The van der Waals surface area contributed by atoms with E-state index in [1.54, 1.807) is 17.9 Å². The number of H-pyrrole nitrogens is 1. The number of hydrogen-bond acceptors (Lipinski definition) is 5. The van der Waals surface area contributed by atoms with E-state index in [4.69, 9.17) is 11.6 Å². The van der Waals surface area contributed by atoms with E-state index in [1.807, 2.05) is 0 Å². The largest absolute Gasteiger partial charge is 0.349 e. The zero-order valence-electron chi connectivity index (χ0n) is 23.9. The molecule has 222 valence electrons. The quantitative estimate of drug-likeness (QED) is 0.444. The van der Waals surface area contributed by atoms with E-state index in [1.165, 1.54) is 25.2 Å². The van der Waals surface area contributed by atoms with Crippen molar-refractivity contribution in [1.29, 1.82) is 0 Å². The van der Waals surface area contributed by atoms with Crippen LogP contribution in [0.1, 0.15) is 84.8 Å². The monoisotopic (exact) mass is 586 g/mol. The van der Waals surface area contributed by atoms with Gasteiger partial charge in [-0.1, -0.05) is 18.5 Å². The first kappa shape index (κ1) is 29.5. The molecule has 41 heavy (non-hydrogen) atoms. The number of amides is 3. The Morgan fingerprint density at radius 3 is 2.59 bits per heavy atom. The fraction of sp³-hybridized carbons (Fsp3) is 0.600. The van der Waals surface area contributed by atoms with E-state index in [2.05, 4.69) is 32.4 Å². The van der Waals surface area contributed by atoms with Crippen molar-refractivity contribution in [3.63, 3.8) is 0 Å². The zero-order valence-corrected chi connectivity index (χ0v) is 24.7. The average molecular weight is 587 g/mol. The molecule has 1 aromatic carbocycles. The number of aryl methyl sites for hydroxylation is 1. The van der Waals surface area contributed by atoms with E-state index < -0.39 is 11.3 Å². The highest BCUT2D eigenvalue weighted by molar-refractivity contribution is 6.34. The number of anilines is 1. The van der Waals surface area contributed by atoms with E-state index in [0.717, 1.165) is 38.4 Å². The molecule has 2 aromatic rings. The van der Waals surface area contributed by atoms with Crippen molar-refractivity contribution in [1.82, 2.24) is 25.5 Å². The number of piperidine rings is 2. The van der Waals surface area contributed by atoms with Crippen molar-refractivity contribution >= 4 is 35.0 Å². The normalized spacial score (nSPS) is 24.0. The molecular weight excluding hydrogens is 547 g/mol. The Morgan fingerprint density at radius 2 is 1.85 bits per heavy atom. The molecule has 3 amide bonds. The van der Waals surface area contributed by atoms with Crippen molar-refractivity contribution in [2.24, 2.45) is 11.3 Å². The second kappa shape index (κ2) is 12.5. The molecule has 3 fully saturated rings. The number of nitrogens with one attached hydrogen (secondary N) is 3. The molecule has 9 nitrogen and oxygen atoms in total. The Labute approximate surface area is 245 Å². The van der Waals surface area contributed by atoms with Gasteiger partial charge in [-0.05, 0) is 95.0 Å². The lowest BCUT2D eigenvalue weighted by Gasteiger charge is -2.45. The van der Waals surface area contributed by atoms with Gasteiger partial charge in [0.2, 0.25) is 5.91 Å². The highest BCUT2D eigenvalue weighted by atomic mass is 35.5. The maximum absolute atomic E-state index is 14.0. The van der Waals surface area contributed by atoms with Crippen LogP contribution in [0, 0.1) is 24.1 Å². The Morgan fingerprint density at radius 1 is 1.12 bits per heavy atom. The number of carbonyl (C=O) groups excluding carboxylic acids is 3. The second-order valence-corrected chi connectivity index (χ2v) is 12.5. The van der Waals surface area contributed by atoms with Crippen LogP contribution in [0.4, 0.5) is 10.1 Å². The van der Waals surface area contributed by atoms with Gasteiger partial charge < -0.3 is 25.4 Å².